The van der Waals surface area contributed by atoms with Crippen molar-refractivity contribution in [3.63, 3.8) is 0 Å². The second kappa shape index (κ2) is 7.84. The molecule has 7 heteroatoms. The lowest BCUT2D eigenvalue weighted by molar-refractivity contribution is -0.120. The van der Waals surface area contributed by atoms with E-state index in [2.05, 4.69) is 15.3 Å². The number of hydrogen-bond donors (Lipinski definition) is 2. The van der Waals surface area contributed by atoms with Crippen LogP contribution in [0.1, 0.15) is 31.7 Å². The number of amides is 1. The lowest BCUT2D eigenvalue weighted by Crippen LogP contribution is -2.30. The van der Waals surface area contributed by atoms with E-state index in [0.717, 1.165) is 18.5 Å². The van der Waals surface area contributed by atoms with Crippen LogP contribution in [-0.2, 0) is 17.8 Å². The van der Waals surface area contributed by atoms with Crippen LogP contribution in [0.15, 0.2) is 38.8 Å². The van der Waals surface area contributed by atoms with Crippen molar-refractivity contribution in [1.29, 1.82) is 0 Å². The molecular formula is C15H19N3O3S. The monoisotopic (exact) mass is 321 g/mol. The van der Waals surface area contributed by atoms with Gasteiger partial charge >= 0.3 is 0 Å². The smallest absolute Gasteiger partial charge is 0.251 e. The molecule has 2 N–H and O–H groups in total. The Labute approximate surface area is 132 Å². The maximum atomic E-state index is 12.0. The summed E-state index contributed by atoms with van der Waals surface area (Å²) in [4.78, 5) is 30.7. The van der Waals surface area contributed by atoms with Gasteiger partial charge in [-0.3, -0.25) is 9.59 Å². The van der Waals surface area contributed by atoms with E-state index >= 15 is 0 Å². The molecule has 1 atom stereocenters. The molecule has 0 fully saturated rings. The van der Waals surface area contributed by atoms with Crippen molar-refractivity contribution in [3.8, 4) is 0 Å². The van der Waals surface area contributed by atoms with Crippen LogP contribution >= 0.6 is 11.8 Å². The molecular weight excluding hydrogens is 302 g/mol. The third-order valence-corrected chi connectivity index (χ3v) is 3.94. The Balaban J connectivity index is 1.94. The summed E-state index contributed by atoms with van der Waals surface area (Å²) in [7, 11) is 0. The second-order valence-corrected chi connectivity index (χ2v) is 6.18. The number of rotatable bonds is 7. The number of nitrogens with one attached hydrogen (secondary N) is 2. The fraction of sp³-hybridized carbons (Fsp3) is 0.400. The van der Waals surface area contributed by atoms with E-state index in [4.69, 9.17) is 4.42 Å². The number of nitrogens with zero attached hydrogens (tertiary/aromatic N) is 1. The molecule has 0 saturated carbocycles. The van der Waals surface area contributed by atoms with E-state index in [1.165, 1.54) is 17.8 Å². The Bertz CT molecular complexity index is 667. The first kappa shape index (κ1) is 16.4. The van der Waals surface area contributed by atoms with Gasteiger partial charge in [-0.15, -0.1) is 0 Å². The van der Waals surface area contributed by atoms with Crippen molar-refractivity contribution in [2.45, 2.75) is 43.6 Å². The number of aromatic amines is 1. The topological polar surface area (TPSA) is 88.0 Å². The number of thioether (sulfide) groups is 1. The molecule has 118 valence electrons. The van der Waals surface area contributed by atoms with Crippen LogP contribution in [0.5, 0.6) is 0 Å². The van der Waals surface area contributed by atoms with Crippen LogP contribution in [0.2, 0.25) is 0 Å². The van der Waals surface area contributed by atoms with Crippen molar-refractivity contribution in [1.82, 2.24) is 15.3 Å². The molecule has 22 heavy (non-hydrogen) atoms. The minimum absolute atomic E-state index is 0.134. The third kappa shape index (κ3) is 4.77. The van der Waals surface area contributed by atoms with E-state index in [1.54, 1.807) is 25.3 Å². The van der Waals surface area contributed by atoms with Crippen molar-refractivity contribution < 1.29 is 9.21 Å². The summed E-state index contributed by atoms with van der Waals surface area (Å²) >= 11 is 1.23. The van der Waals surface area contributed by atoms with Crippen molar-refractivity contribution in [2.75, 3.05) is 0 Å². The first-order valence-corrected chi connectivity index (χ1v) is 8.03. The van der Waals surface area contributed by atoms with Crippen LogP contribution in [0.25, 0.3) is 0 Å². The highest BCUT2D eigenvalue weighted by Crippen LogP contribution is 2.18. The molecule has 0 radical (unpaired) electrons. The number of aromatic nitrogens is 2. The van der Waals surface area contributed by atoms with E-state index in [-0.39, 0.29) is 16.7 Å². The first-order chi connectivity index (χ1) is 10.6. The van der Waals surface area contributed by atoms with Gasteiger partial charge in [0.2, 0.25) is 5.91 Å². The fourth-order valence-electron chi connectivity index (χ4n) is 1.88. The van der Waals surface area contributed by atoms with E-state index < -0.39 is 0 Å². The highest BCUT2D eigenvalue weighted by atomic mass is 32.2. The van der Waals surface area contributed by atoms with Gasteiger partial charge in [-0.25, -0.2) is 4.98 Å². The molecule has 1 amide bonds. The normalized spacial score (nSPS) is 12.1. The van der Waals surface area contributed by atoms with Crippen molar-refractivity contribution in [2.24, 2.45) is 0 Å². The molecule has 0 bridgehead atoms. The quantitative estimate of drug-likeness (QED) is 0.602. The molecule has 2 aromatic rings. The summed E-state index contributed by atoms with van der Waals surface area (Å²) < 4.78 is 5.16. The van der Waals surface area contributed by atoms with Crippen LogP contribution in [0, 0.1) is 0 Å². The average Bonchev–Trinajstić information content (AvgIpc) is 2.97. The minimum Gasteiger partial charge on any atom is -0.467 e. The van der Waals surface area contributed by atoms with Gasteiger partial charge in [0.15, 0.2) is 5.16 Å². The zero-order chi connectivity index (χ0) is 15.9. The maximum Gasteiger partial charge on any atom is 0.251 e. The van der Waals surface area contributed by atoms with Gasteiger partial charge < -0.3 is 14.7 Å². The van der Waals surface area contributed by atoms with Gasteiger partial charge in [0.05, 0.1) is 18.1 Å². The molecule has 1 unspecified atom stereocenters. The van der Waals surface area contributed by atoms with E-state index in [1.807, 2.05) is 6.92 Å². The molecule has 0 aliphatic carbocycles. The highest BCUT2D eigenvalue weighted by molar-refractivity contribution is 8.00. The Hall–Kier alpha value is -2.02. The first-order valence-electron chi connectivity index (χ1n) is 7.15. The fourth-order valence-corrected chi connectivity index (χ4v) is 2.73. The lowest BCUT2D eigenvalue weighted by atomic mass is 10.2. The molecule has 2 rings (SSSR count). The van der Waals surface area contributed by atoms with Gasteiger partial charge in [-0.2, -0.15) is 0 Å². The summed E-state index contributed by atoms with van der Waals surface area (Å²) in [6, 6.07) is 5.06. The van der Waals surface area contributed by atoms with Crippen LogP contribution in [0.3, 0.4) is 0 Å². The summed E-state index contributed by atoms with van der Waals surface area (Å²) in [5.74, 6) is 0.562. The Morgan fingerprint density at radius 3 is 3.05 bits per heavy atom. The number of H-pyrrole nitrogens is 1. The molecule has 2 heterocycles. The Morgan fingerprint density at radius 1 is 1.55 bits per heavy atom. The number of carbonyl (C=O) groups excluding carboxylic acids is 1. The zero-order valence-corrected chi connectivity index (χ0v) is 13.4. The van der Waals surface area contributed by atoms with Crippen LogP contribution in [-0.4, -0.2) is 21.1 Å². The van der Waals surface area contributed by atoms with Gasteiger partial charge in [-0.1, -0.05) is 25.1 Å². The number of carbonyl (C=O) groups is 1. The Kier molecular flexibility index (Phi) is 5.83. The summed E-state index contributed by atoms with van der Waals surface area (Å²) in [6.07, 6.45) is 3.23. The predicted molar refractivity (Wildman–Crippen MR) is 84.7 cm³/mol. The highest BCUT2D eigenvalue weighted by Gasteiger charge is 2.16. The SMILES string of the molecule is CCCc1cc(=O)[nH]c(SC(C)C(=O)NCc2ccco2)n1. The standard InChI is InChI=1S/C15H19N3O3S/c1-3-5-11-8-13(19)18-15(17-11)22-10(2)14(20)16-9-12-6-4-7-21-12/h4,6-8,10H,3,5,9H2,1-2H3,(H,16,20)(H,17,18,19). The number of aryl methyl sites for hydroxylation is 1. The number of furan rings is 1. The van der Waals surface area contributed by atoms with E-state index in [0.29, 0.717) is 17.5 Å². The van der Waals surface area contributed by atoms with E-state index in [9.17, 15) is 9.59 Å². The number of hydrogen-bond acceptors (Lipinski definition) is 5. The Morgan fingerprint density at radius 2 is 2.36 bits per heavy atom. The molecule has 0 aliphatic heterocycles. The van der Waals surface area contributed by atoms with Crippen LogP contribution < -0.4 is 10.9 Å². The van der Waals surface area contributed by atoms with Crippen molar-refractivity contribution in [3.05, 3.63) is 46.3 Å². The van der Waals surface area contributed by atoms with Crippen LogP contribution in [0.4, 0.5) is 0 Å². The molecule has 2 aromatic heterocycles. The van der Waals surface area contributed by atoms with Gasteiger partial charge in [0.25, 0.3) is 5.56 Å². The second-order valence-electron chi connectivity index (χ2n) is 4.85. The summed E-state index contributed by atoms with van der Waals surface area (Å²) in [5.41, 5.74) is 0.557. The predicted octanol–water partition coefficient (Wildman–Crippen LogP) is 2.11. The maximum absolute atomic E-state index is 12.0. The van der Waals surface area contributed by atoms with Crippen molar-refractivity contribution >= 4 is 17.7 Å². The molecule has 0 saturated heterocycles. The third-order valence-electron chi connectivity index (χ3n) is 2.95. The van der Waals surface area contributed by atoms with Gasteiger partial charge in [0.1, 0.15) is 5.76 Å². The van der Waals surface area contributed by atoms with Gasteiger partial charge in [0, 0.05) is 11.8 Å². The summed E-state index contributed by atoms with van der Waals surface area (Å²) in [5, 5.41) is 2.89. The average molecular weight is 321 g/mol. The lowest BCUT2D eigenvalue weighted by Gasteiger charge is -2.11. The molecule has 0 spiro atoms. The largest absolute Gasteiger partial charge is 0.467 e. The molecule has 0 aromatic carbocycles. The van der Waals surface area contributed by atoms with Gasteiger partial charge in [-0.05, 0) is 25.5 Å². The molecule has 6 nitrogen and oxygen atoms in total. The summed E-state index contributed by atoms with van der Waals surface area (Å²) in [6.45, 7) is 4.14. The zero-order valence-electron chi connectivity index (χ0n) is 12.6. The minimum atomic E-state index is -0.366. The molecule has 0 aliphatic rings.